The third kappa shape index (κ3) is 3.85. The largest absolute Gasteiger partial charge is 0.396 e. The molecule has 0 radical (unpaired) electrons. The summed E-state index contributed by atoms with van der Waals surface area (Å²) in [6.45, 7) is 2.05. The van der Waals surface area contributed by atoms with Crippen molar-refractivity contribution in [2.24, 2.45) is 17.1 Å². The Morgan fingerprint density at radius 1 is 1.24 bits per heavy atom. The van der Waals surface area contributed by atoms with Gasteiger partial charge in [-0.3, -0.25) is 19.1 Å². The number of fused-ring (bicyclic) bond motifs is 2. The van der Waals surface area contributed by atoms with Crippen molar-refractivity contribution in [3.05, 3.63) is 30.0 Å². The summed E-state index contributed by atoms with van der Waals surface area (Å²) in [5.74, 6) is -0.388. The summed E-state index contributed by atoms with van der Waals surface area (Å²) in [6, 6.07) is 6.54. The Hall–Kier alpha value is -2.94. The summed E-state index contributed by atoms with van der Waals surface area (Å²) < 4.78 is 1.49. The molecule has 2 aliphatic carbocycles. The van der Waals surface area contributed by atoms with E-state index in [9.17, 15) is 19.5 Å². The molecule has 1 unspecified atom stereocenters. The molecular formula is C25H33N5O4. The lowest BCUT2D eigenvalue weighted by molar-refractivity contribution is -0.140. The first-order chi connectivity index (χ1) is 16.4. The number of nitrogens with zero attached hydrogens (tertiary/aromatic N) is 3. The molecule has 34 heavy (non-hydrogen) atoms. The molecule has 0 spiro atoms. The number of amides is 3. The predicted molar refractivity (Wildman–Crippen MR) is 126 cm³/mol. The van der Waals surface area contributed by atoms with E-state index in [1.54, 1.807) is 23.1 Å². The summed E-state index contributed by atoms with van der Waals surface area (Å²) >= 11 is 0. The minimum Gasteiger partial charge on any atom is -0.396 e. The van der Waals surface area contributed by atoms with Crippen molar-refractivity contribution in [1.29, 1.82) is 0 Å². The molecule has 9 nitrogen and oxygen atoms in total. The second kappa shape index (κ2) is 8.69. The van der Waals surface area contributed by atoms with E-state index in [0.717, 1.165) is 25.7 Å². The number of carbonyl (C=O) groups is 3. The van der Waals surface area contributed by atoms with E-state index in [0.29, 0.717) is 29.7 Å². The minimum absolute atomic E-state index is 0.0386. The number of primary amides is 1. The van der Waals surface area contributed by atoms with Gasteiger partial charge in [0.25, 0.3) is 5.91 Å². The third-order valence-corrected chi connectivity index (χ3v) is 8.21. The van der Waals surface area contributed by atoms with E-state index in [1.807, 2.05) is 6.07 Å². The first-order valence-corrected chi connectivity index (χ1v) is 12.3. The molecule has 2 saturated carbocycles. The van der Waals surface area contributed by atoms with Crippen molar-refractivity contribution >= 4 is 28.6 Å². The molecule has 0 bridgehead atoms. The van der Waals surface area contributed by atoms with Gasteiger partial charge < -0.3 is 21.1 Å². The van der Waals surface area contributed by atoms with Gasteiger partial charge in [0.2, 0.25) is 11.8 Å². The van der Waals surface area contributed by atoms with Gasteiger partial charge >= 0.3 is 0 Å². The van der Waals surface area contributed by atoms with Crippen molar-refractivity contribution in [2.45, 2.75) is 76.5 Å². The highest BCUT2D eigenvalue weighted by Crippen LogP contribution is 2.59. The number of likely N-dealkylation sites (tertiary alicyclic amines) is 1. The number of nitrogens with two attached hydrogens (primary N) is 1. The number of piperidine rings is 1. The number of nitrogens with one attached hydrogen (secondary N) is 1. The van der Waals surface area contributed by atoms with E-state index in [2.05, 4.69) is 17.3 Å². The van der Waals surface area contributed by atoms with Crippen LogP contribution in [0.2, 0.25) is 0 Å². The molecule has 1 aromatic heterocycles. The van der Waals surface area contributed by atoms with Gasteiger partial charge in [-0.1, -0.05) is 44.4 Å². The van der Waals surface area contributed by atoms with Crippen LogP contribution in [0.25, 0.3) is 10.9 Å². The van der Waals surface area contributed by atoms with Crippen molar-refractivity contribution in [2.75, 3.05) is 6.61 Å². The van der Waals surface area contributed by atoms with E-state index in [1.165, 1.54) is 11.1 Å². The Balaban J connectivity index is 1.36. The SMILES string of the molecule is CC[C@@H]1CCCC(NC(=O)[C@@H]2C[C@@]3(CO)C[C@H]3N2C(=O)Cn2nc(C(N)=O)c3ccccc32)C1. The molecule has 3 amide bonds. The second-order valence-corrected chi connectivity index (χ2v) is 10.3. The van der Waals surface area contributed by atoms with E-state index in [-0.39, 0.29) is 48.2 Å². The lowest BCUT2D eigenvalue weighted by atomic mass is 9.84. The summed E-state index contributed by atoms with van der Waals surface area (Å²) in [5.41, 5.74) is 5.87. The Labute approximate surface area is 198 Å². The minimum atomic E-state index is -0.653. The molecule has 2 heterocycles. The fraction of sp³-hybridized carbons (Fsp3) is 0.600. The molecule has 1 saturated heterocycles. The van der Waals surface area contributed by atoms with Gasteiger partial charge in [0.1, 0.15) is 12.6 Å². The number of hydrogen-bond donors (Lipinski definition) is 3. The van der Waals surface area contributed by atoms with Gasteiger partial charge in [-0.15, -0.1) is 0 Å². The molecule has 2 aromatic rings. The highest BCUT2D eigenvalue weighted by molar-refractivity contribution is 6.04. The number of carbonyl (C=O) groups excluding carboxylic acids is 3. The normalized spacial score (nSPS) is 30.2. The smallest absolute Gasteiger partial charge is 0.269 e. The number of aromatic nitrogens is 2. The summed E-state index contributed by atoms with van der Waals surface area (Å²) in [4.78, 5) is 40.4. The molecule has 9 heteroatoms. The average Bonchev–Trinajstić information content (AvgIpc) is 3.26. The van der Waals surface area contributed by atoms with Crippen LogP contribution in [-0.4, -0.2) is 62.2 Å². The van der Waals surface area contributed by atoms with Crippen LogP contribution in [0.3, 0.4) is 0 Å². The van der Waals surface area contributed by atoms with Crippen LogP contribution in [0.15, 0.2) is 24.3 Å². The standard InChI is InChI=1S/C25H33N5O4/c1-2-15-6-5-7-16(10-15)27-24(34)19-11-25(14-31)12-20(25)30(19)21(32)13-29-18-9-4-3-8-17(18)22(28-29)23(26)33/h3-4,8-9,15-16,19-20,31H,2,5-7,10-14H2,1H3,(H2,26,33)(H,27,34)/t15-,16?,19+,20-,25+/m1/s1. The maximum absolute atomic E-state index is 13.5. The van der Waals surface area contributed by atoms with Crippen LogP contribution in [0.5, 0.6) is 0 Å². The lowest BCUT2D eigenvalue weighted by Crippen LogP contribution is -2.51. The molecular weight excluding hydrogens is 434 g/mol. The maximum atomic E-state index is 13.5. The number of benzene rings is 1. The zero-order valence-electron chi connectivity index (χ0n) is 19.6. The molecule has 1 aliphatic heterocycles. The number of para-hydroxylation sites is 1. The quantitative estimate of drug-likeness (QED) is 0.569. The van der Waals surface area contributed by atoms with Crippen LogP contribution in [-0.2, 0) is 16.1 Å². The molecule has 4 N–H and O–H groups in total. The maximum Gasteiger partial charge on any atom is 0.269 e. The zero-order chi connectivity index (χ0) is 24.0. The van der Waals surface area contributed by atoms with Gasteiger partial charge in [0, 0.05) is 22.9 Å². The Morgan fingerprint density at radius 2 is 2.03 bits per heavy atom. The van der Waals surface area contributed by atoms with Gasteiger partial charge in [-0.05, 0) is 37.7 Å². The van der Waals surface area contributed by atoms with Crippen LogP contribution in [0.1, 0.15) is 62.4 Å². The number of rotatable bonds is 7. The monoisotopic (exact) mass is 467 g/mol. The second-order valence-electron chi connectivity index (χ2n) is 10.3. The predicted octanol–water partition coefficient (Wildman–Crippen LogP) is 1.57. The Bertz CT molecular complexity index is 1130. The van der Waals surface area contributed by atoms with Gasteiger partial charge in [0.05, 0.1) is 12.1 Å². The first-order valence-electron chi connectivity index (χ1n) is 12.3. The van der Waals surface area contributed by atoms with Crippen LogP contribution < -0.4 is 11.1 Å². The fourth-order valence-electron chi connectivity index (χ4n) is 6.17. The molecule has 5 rings (SSSR count). The topological polar surface area (TPSA) is 131 Å². The fourth-order valence-corrected chi connectivity index (χ4v) is 6.17. The third-order valence-electron chi connectivity index (χ3n) is 8.21. The summed E-state index contributed by atoms with van der Waals surface area (Å²) in [5, 5.41) is 18.1. The van der Waals surface area contributed by atoms with Crippen molar-refractivity contribution < 1.29 is 19.5 Å². The van der Waals surface area contributed by atoms with E-state index < -0.39 is 11.9 Å². The molecule has 1 aromatic carbocycles. The zero-order valence-corrected chi connectivity index (χ0v) is 19.6. The summed E-state index contributed by atoms with van der Waals surface area (Å²) in [7, 11) is 0. The highest BCUT2D eigenvalue weighted by Gasteiger charge is 2.66. The summed E-state index contributed by atoms with van der Waals surface area (Å²) in [6.07, 6.45) is 6.54. The first kappa shape index (κ1) is 22.8. The van der Waals surface area contributed by atoms with Crippen LogP contribution in [0.4, 0.5) is 0 Å². The van der Waals surface area contributed by atoms with Gasteiger partial charge in [0.15, 0.2) is 5.69 Å². The molecule has 5 atom stereocenters. The average molecular weight is 468 g/mol. The van der Waals surface area contributed by atoms with Gasteiger partial charge in [-0.25, -0.2) is 0 Å². The van der Waals surface area contributed by atoms with Gasteiger partial charge in [-0.2, -0.15) is 5.10 Å². The van der Waals surface area contributed by atoms with Crippen LogP contribution in [0, 0.1) is 11.3 Å². The molecule has 3 aliphatic rings. The Morgan fingerprint density at radius 3 is 2.76 bits per heavy atom. The highest BCUT2D eigenvalue weighted by atomic mass is 16.3. The lowest BCUT2D eigenvalue weighted by Gasteiger charge is -2.32. The number of aliphatic hydroxyl groups is 1. The van der Waals surface area contributed by atoms with E-state index in [4.69, 9.17) is 5.73 Å². The molecule has 182 valence electrons. The van der Waals surface area contributed by atoms with Crippen molar-refractivity contribution in [1.82, 2.24) is 20.0 Å². The Kier molecular flexibility index (Phi) is 5.83. The van der Waals surface area contributed by atoms with Crippen molar-refractivity contribution in [3.63, 3.8) is 0 Å². The van der Waals surface area contributed by atoms with Crippen molar-refractivity contribution in [3.8, 4) is 0 Å². The number of hydrogen-bond acceptors (Lipinski definition) is 5. The molecule has 3 fully saturated rings. The number of aliphatic hydroxyl groups excluding tert-OH is 1. The van der Waals surface area contributed by atoms with Crippen LogP contribution >= 0.6 is 0 Å². The van der Waals surface area contributed by atoms with E-state index >= 15 is 0 Å².